The van der Waals surface area contributed by atoms with Crippen LogP contribution in [0.3, 0.4) is 0 Å². The van der Waals surface area contributed by atoms with Gasteiger partial charge in [-0.1, -0.05) is 59.7 Å². The smallest absolute Gasteiger partial charge is 0.223 e. The Morgan fingerprint density at radius 1 is 1.08 bits per heavy atom. The van der Waals surface area contributed by atoms with Crippen molar-refractivity contribution in [1.29, 1.82) is 0 Å². The Morgan fingerprint density at radius 3 is 2.50 bits per heavy atom. The number of hydrogen-bond acceptors (Lipinski definition) is 1. The fraction of sp³-hybridized carbons (Fsp3) is 0.409. The van der Waals surface area contributed by atoms with Crippen molar-refractivity contribution in [2.45, 2.75) is 52.0 Å². The fourth-order valence-electron chi connectivity index (χ4n) is 3.85. The molecule has 0 aromatic heterocycles. The van der Waals surface area contributed by atoms with Crippen LogP contribution in [0.15, 0.2) is 48.5 Å². The summed E-state index contributed by atoms with van der Waals surface area (Å²) in [7, 11) is 0. The van der Waals surface area contributed by atoms with E-state index in [0.29, 0.717) is 12.3 Å². The molecule has 3 rings (SSSR count). The van der Waals surface area contributed by atoms with E-state index >= 15 is 0 Å². The monoisotopic (exact) mass is 321 g/mol. The molecule has 1 atom stereocenters. The Balaban J connectivity index is 1.61. The van der Waals surface area contributed by atoms with Gasteiger partial charge < -0.3 is 4.90 Å². The van der Waals surface area contributed by atoms with Gasteiger partial charge in [-0.05, 0) is 50.7 Å². The predicted molar refractivity (Wildman–Crippen MR) is 99.0 cm³/mol. The first-order valence-electron chi connectivity index (χ1n) is 9.05. The molecule has 0 N–H and O–H groups in total. The molecule has 1 saturated heterocycles. The van der Waals surface area contributed by atoms with Gasteiger partial charge in [-0.3, -0.25) is 4.79 Å². The van der Waals surface area contributed by atoms with Crippen molar-refractivity contribution in [1.82, 2.24) is 4.90 Å². The van der Waals surface area contributed by atoms with Crippen LogP contribution in [0.25, 0.3) is 0 Å². The number of carbonyl (C=O) groups is 1. The first-order chi connectivity index (χ1) is 11.6. The van der Waals surface area contributed by atoms with E-state index in [4.69, 9.17) is 0 Å². The molecule has 1 fully saturated rings. The Hall–Kier alpha value is -2.09. The SMILES string of the molecule is Cc1cc(C)cc(C2CCCN2C(=O)CCCc2ccccc2)c1. The molecule has 0 radical (unpaired) electrons. The fourth-order valence-corrected chi connectivity index (χ4v) is 3.85. The van der Waals surface area contributed by atoms with Crippen molar-refractivity contribution in [3.63, 3.8) is 0 Å². The minimum atomic E-state index is 0.271. The highest BCUT2D eigenvalue weighted by atomic mass is 16.2. The van der Waals surface area contributed by atoms with Crippen LogP contribution < -0.4 is 0 Å². The minimum absolute atomic E-state index is 0.271. The molecule has 1 amide bonds. The van der Waals surface area contributed by atoms with Crippen LogP contribution in [-0.2, 0) is 11.2 Å². The van der Waals surface area contributed by atoms with Gasteiger partial charge in [0.05, 0.1) is 6.04 Å². The molecule has 1 aliphatic heterocycles. The summed E-state index contributed by atoms with van der Waals surface area (Å²) in [5, 5.41) is 0. The largest absolute Gasteiger partial charge is 0.336 e. The lowest BCUT2D eigenvalue weighted by Gasteiger charge is -2.26. The van der Waals surface area contributed by atoms with E-state index in [2.05, 4.69) is 61.2 Å². The molecular formula is C22H27NO. The average Bonchev–Trinajstić information content (AvgIpc) is 3.04. The quantitative estimate of drug-likeness (QED) is 0.759. The Bertz CT molecular complexity index is 672. The maximum absolute atomic E-state index is 12.7. The molecule has 2 heteroatoms. The average molecular weight is 321 g/mol. The first-order valence-corrected chi connectivity index (χ1v) is 9.05. The second-order valence-electron chi connectivity index (χ2n) is 7.01. The van der Waals surface area contributed by atoms with E-state index in [0.717, 1.165) is 32.2 Å². The number of carbonyl (C=O) groups excluding carboxylic acids is 1. The lowest BCUT2D eigenvalue weighted by atomic mass is 9.99. The number of nitrogens with zero attached hydrogens (tertiary/aromatic N) is 1. The summed E-state index contributed by atoms with van der Waals surface area (Å²) in [6.07, 6.45) is 4.76. The highest BCUT2D eigenvalue weighted by Gasteiger charge is 2.29. The highest BCUT2D eigenvalue weighted by Crippen LogP contribution is 2.33. The zero-order valence-electron chi connectivity index (χ0n) is 14.8. The topological polar surface area (TPSA) is 20.3 Å². The lowest BCUT2D eigenvalue weighted by Crippen LogP contribution is -2.30. The summed E-state index contributed by atoms with van der Waals surface area (Å²) in [5.41, 5.74) is 5.20. The third kappa shape index (κ3) is 4.05. The minimum Gasteiger partial charge on any atom is -0.336 e. The van der Waals surface area contributed by atoms with Gasteiger partial charge in [0.15, 0.2) is 0 Å². The maximum atomic E-state index is 12.7. The van der Waals surface area contributed by atoms with Gasteiger partial charge in [0.25, 0.3) is 0 Å². The standard InChI is InChI=1S/C22H27NO/c1-17-14-18(2)16-20(15-17)21-11-7-13-23(21)22(24)12-6-10-19-8-4-3-5-9-19/h3-5,8-9,14-16,21H,6-7,10-13H2,1-2H3. The van der Waals surface area contributed by atoms with Crippen molar-refractivity contribution in [3.05, 3.63) is 70.8 Å². The van der Waals surface area contributed by atoms with Crippen LogP contribution in [0.5, 0.6) is 0 Å². The van der Waals surface area contributed by atoms with E-state index in [1.165, 1.54) is 22.3 Å². The molecule has 1 aliphatic rings. The van der Waals surface area contributed by atoms with Crippen LogP contribution in [-0.4, -0.2) is 17.4 Å². The Labute approximate surface area is 145 Å². The highest BCUT2D eigenvalue weighted by molar-refractivity contribution is 5.77. The van der Waals surface area contributed by atoms with Crippen LogP contribution in [0, 0.1) is 13.8 Å². The predicted octanol–water partition coefficient (Wildman–Crippen LogP) is 4.99. The van der Waals surface area contributed by atoms with Crippen LogP contribution in [0.2, 0.25) is 0 Å². The number of likely N-dealkylation sites (tertiary alicyclic amines) is 1. The van der Waals surface area contributed by atoms with E-state index < -0.39 is 0 Å². The van der Waals surface area contributed by atoms with E-state index in [1.54, 1.807) is 0 Å². The van der Waals surface area contributed by atoms with Gasteiger partial charge in [0, 0.05) is 13.0 Å². The molecule has 2 aromatic carbocycles. The number of benzene rings is 2. The maximum Gasteiger partial charge on any atom is 0.223 e. The second-order valence-corrected chi connectivity index (χ2v) is 7.01. The number of rotatable bonds is 5. The third-order valence-electron chi connectivity index (χ3n) is 4.90. The molecule has 2 nitrogen and oxygen atoms in total. The molecule has 1 heterocycles. The first kappa shape index (κ1) is 16.8. The number of amides is 1. The summed E-state index contributed by atoms with van der Waals surface area (Å²) >= 11 is 0. The van der Waals surface area contributed by atoms with Gasteiger partial charge >= 0.3 is 0 Å². The molecule has 126 valence electrons. The third-order valence-corrected chi connectivity index (χ3v) is 4.90. The molecule has 2 aromatic rings. The van der Waals surface area contributed by atoms with Crippen molar-refractivity contribution >= 4 is 5.91 Å². The molecule has 0 spiro atoms. The van der Waals surface area contributed by atoms with Gasteiger partial charge in [0.2, 0.25) is 5.91 Å². The van der Waals surface area contributed by atoms with E-state index in [9.17, 15) is 4.79 Å². The van der Waals surface area contributed by atoms with Crippen molar-refractivity contribution in [2.75, 3.05) is 6.54 Å². The lowest BCUT2D eigenvalue weighted by molar-refractivity contribution is -0.132. The Morgan fingerprint density at radius 2 is 1.79 bits per heavy atom. The second kappa shape index (κ2) is 7.65. The molecule has 0 aliphatic carbocycles. The summed E-state index contributed by atoms with van der Waals surface area (Å²) in [5.74, 6) is 0.313. The summed E-state index contributed by atoms with van der Waals surface area (Å²) < 4.78 is 0. The zero-order valence-corrected chi connectivity index (χ0v) is 14.8. The number of aryl methyl sites for hydroxylation is 3. The summed E-state index contributed by atoms with van der Waals surface area (Å²) in [6, 6.07) is 17.4. The molecule has 24 heavy (non-hydrogen) atoms. The van der Waals surface area contributed by atoms with Gasteiger partial charge in [-0.15, -0.1) is 0 Å². The normalized spacial score (nSPS) is 17.2. The van der Waals surface area contributed by atoms with Gasteiger partial charge in [-0.25, -0.2) is 0 Å². The molecule has 0 bridgehead atoms. The van der Waals surface area contributed by atoms with Crippen molar-refractivity contribution in [3.8, 4) is 0 Å². The Kier molecular flexibility index (Phi) is 5.34. The van der Waals surface area contributed by atoms with Crippen molar-refractivity contribution < 1.29 is 4.79 Å². The molecular weight excluding hydrogens is 294 g/mol. The number of hydrogen-bond donors (Lipinski definition) is 0. The summed E-state index contributed by atoms with van der Waals surface area (Å²) in [6.45, 7) is 5.18. The van der Waals surface area contributed by atoms with Gasteiger partial charge in [-0.2, -0.15) is 0 Å². The van der Waals surface area contributed by atoms with Crippen LogP contribution in [0.4, 0.5) is 0 Å². The van der Waals surface area contributed by atoms with E-state index in [1.807, 2.05) is 6.07 Å². The van der Waals surface area contributed by atoms with Crippen molar-refractivity contribution in [2.24, 2.45) is 0 Å². The van der Waals surface area contributed by atoms with Crippen LogP contribution >= 0.6 is 0 Å². The summed E-state index contributed by atoms with van der Waals surface area (Å²) in [4.78, 5) is 14.8. The van der Waals surface area contributed by atoms with Crippen LogP contribution in [0.1, 0.15) is 54.0 Å². The zero-order chi connectivity index (χ0) is 16.9. The molecule has 1 unspecified atom stereocenters. The van der Waals surface area contributed by atoms with Gasteiger partial charge in [0.1, 0.15) is 0 Å². The molecule has 0 saturated carbocycles. The van der Waals surface area contributed by atoms with E-state index in [-0.39, 0.29) is 6.04 Å².